The number of nitrogens with one attached hydrogen (secondary N) is 2. The molecule has 1 aliphatic heterocycles. The van der Waals surface area contributed by atoms with Crippen molar-refractivity contribution in [1.82, 2.24) is 15.1 Å². The van der Waals surface area contributed by atoms with Crippen LogP contribution in [0.2, 0.25) is 5.02 Å². The molecule has 8 nitrogen and oxygen atoms in total. The van der Waals surface area contributed by atoms with Gasteiger partial charge in [0.15, 0.2) is 0 Å². The lowest BCUT2D eigenvalue weighted by Gasteiger charge is -2.26. The van der Waals surface area contributed by atoms with Crippen LogP contribution in [0.15, 0.2) is 24.3 Å². The molecule has 1 aliphatic rings. The van der Waals surface area contributed by atoms with Crippen LogP contribution in [-0.4, -0.2) is 65.7 Å². The number of amides is 4. The average molecular weight is 425 g/mol. The molecule has 0 radical (unpaired) electrons. The van der Waals surface area contributed by atoms with Crippen molar-refractivity contribution < 1.29 is 19.1 Å². The van der Waals surface area contributed by atoms with Gasteiger partial charge in [-0.15, -0.1) is 0 Å². The monoisotopic (exact) mass is 424 g/mol. The molecular formula is C20H29ClN4O4. The summed E-state index contributed by atoms with van der Waals surface area (Å²) in [6.07, 6.45) is 0.0177. The van der Waals surface area contributed by atoms with Crippen LogP contribution in [0, 0.1) is 0 Å². The zero-order valence-electron chi connectivity index (χ0n) is 17.3. The lowest BCUT2D eigenvalue weighted by molar-refractivity contribution is -0.132. The number of hydrogen-bond donors (Lipinski definition) is 2. The Bertz CT molecular complexity index is 750. The first-order valence-corrected chi connectivity index (χ1v) is 10.0. The molecule has 29 heavy (non-hydrogen) atoms. The first-order valence-electron chi connectivity index (χ1n) is 9.65. The van der Waals surface area contributed by atoms with E-state index in [9.17, 15) is 14.4 Å². The SMILES string of the molecule is CC(NC(=O)OC(C)(C)C)C(=O)N1CCCN(C(=O)Nc2cccc(Cl)c2)CC1. The summed E-state index contributed by atoms with van der Waals surface area (Å²) >= 11 is 5.95. The molecule has 9 heteroatoms. The Morgan fingerprint density at radius 1 is 1.10 bits per heavy atom. The second kappa shape index (κ2) is 9.82. The van der Waals surface area contributed by atoms with Crippen LogP contribution in [0.4, 0.5) is 15.3 Å². The molecule has 1 unspecified atom stereocenters. The minimum atomic E-state index is -0.711. The summed E-state index contributed by atoms with van der Waals surface area (Å²) in [6, 6.07) is 6.00. The van der Waals surface area contributed by atoms with Crippen molar-refractivity contribution in [2.75, 3.05) is 31.5 Å². The zero-order chi connectivity index (χ0) is 21.6. The standard InChI is InChI=1S/C20H29ClN4O4/c1-14(22-19(28)29-20(2,3)4)17(26)24-9-6-10-25(12-11-24)18(27)23-16-8-5-7-15(21)13-16/h5,7-8,13-14H,6,9-12H2,1-4H3,(H,22,28)(H,23,27). The van der Waals surface area contributed by atoms with Gasteiger partial charge in [-0.2, -0.15) is 0 Å². The van der Waals surface area contributed by atoms with Gasteiger partial charge in [0.25, 0.3) is 0 Å². The van der Waals surface area contributed by atoms with E-state index in [1.54, 1.807) is 61.8 Å². The maximum atomic E-state index is 12.7. The number of carbonyl (C=O) groups is 3. The molecule has 0 aromatic heterocycles. The first-order chi connectivity index (χ1) is 13.5. The van der Waals surface area contributed by atoms with Gasteiger partial charge < -0.3 is 25.2 Å². The van der Waals surface area contributed by atoms with Crippen molar-refractivity contribution >= 4 is 35.3 Å². The zero-order valence-corrected chi connectivity index (χ0v) is 18.1. The topological polar surface area (TPSA) is 91.0 Å². The molecule has 0 aliphatic carbocycles. The fourth-order valence-corrected chi connectivity index (χ4v) is 3.12. The molecule has 0 saturated carbocycles. The number of nitrogens with zero attached hydrogens (tertiary/aromatic N) is 2. The Morgan fingerprint density at radius 3 is 2.41 bits per heavy atom. The largest absolute Gasteiger partial charge is 0.444 e. The Labute approximate surface area is 176 Å². The maximum Gasteiger partial charge on any atom is 0.408 e. The van der Waals surface area contributed by atoms with Crippen LogP contribution >= 0.6 is 11.6 Å². The van der Waals surface area contributed by atoms with E-state index in [4.69, 9.17) is 16.3 Å². The Balaban J connectivity index is 1.87. The third-order valence-electron chi connectivity index (χ3n) is 4.27. The quantitative estimate of drug-likeness (QED) is 0.778. The van der Waals surface area contributed by atoms with E-state index in [2.05, 4.69) is 10.6 Å². The summed E-state index contributed by atoms with van der Waals surface area (Å²) in [5, 5.41) is 5.93. The number of halogens is 1. The number of ether oxygens (including phenoxy) is 1. The number of anilines is 1. The van der Waals surface area contributed by atoms with Crippen LogP contribution in [-0.2, 0) is 9.53 Å². The Hall–Kier alpha value is -2.48. The van der Waals surface area contributed by atoms with Crippen LogP contribution in [0.5, 0.6) is 0 Å². The number of urea groups is 1. The number of alkyl carbamates (subject to hydrolysis) is 1. The molecule has 160 valence electrons. The number of rotatable bonds is 3. The summed E-state index contributed by atoms with van der Waals surface area (Å²) in [6.45, 7) is 8.75. The van der Waals surface area contributed by atoms with Crippen LogP contribution < -0.4 is 10.6 Å². The van der Waals surface area contributed by atoms with Gasteiger partial charge in [0.2, 0.25) is 5.91 Å². The fourth-order valence-electron chi connectivity index (χ4n) is 2.93. The summed E-state index contributed by atoms with van der Waals surface area (Å²) < 4.78 is 5.19. The highest BCUT2D eigenvalue weighted by molar-refractivity contribution is 6.30. The smallest absolute Gasteiger partial charge is 0.408 e. The first kappa shape index (κ1) is 22.8. The van der Waals surface area contributed by atoms with Gasteiger partial charge in [-0.1, -0.05) is 17.7 Å². The predicted octanol–water partition coefficient (Wildman–Crippen LogP) is 3.32. The van der Waals surface area contributed by atoms with Crippen molar-refractivity contribution in [3.8, 4) is 0 Å². The van der Waals surface area contributed by atoms with Crippen LogP contribution in [0.3, 0.4) is 0 Å². The minimum absolute atomic E-state index is 0.201. The van der Waals surface area contributed by atoms with Gasteiger partial charge in [-0.25, -0.2) is 9.59 Å². The molecular weight excluding hydrogens is 396 g/mol. The number of hydrogen-bond acceptors (Lipinski definition) is 4. The molecule has 1 atom stereocenters. The molecule has 1 saturated heterocycles. The molecule has 2 rings (SSSR count). The molecule has 0 spiro atoms. The van der Waals surface area contributed by atoms with Crippen LogP contribution in [0.1, 0.15) is 34.1 Å². The second-order valence-electron chi connectivity index (χ2n) is 7.97. The Morgan fingerprint density at radius 2 is 1.76 bits per heavy atom. The summed E-state index contributed by atoms with van der Waals surface area (Å²) in [5.74, 6) is -0.201. The van der Waals surface area contributed by atoms with Gasteiger partial charge in [-0.3, -0.25) is 4.79 Å². The van der Waals surface area contributed by atoms with Crippen molar-refractivity contribution in [2.24, 2.45) is 0 Å². The number of carbonyl (C=O) groups excluding carboxylic acids is 3. The predicted molar refractivity (Wildman–Crippen MR) is 112 cm³/mol. The van der Waals surface area contributed by atoms with E-state index in [-0.39, 0.29) is 11.9 Å². The van der Waals surface area contributed by atoms with Gasteiger partial charge in [0, 0.05) is 36.9 Å². The molecule has 1 aromatic carbocycles. The van der Waals surface area contributed by atoms with Crippen molar-refractivity contribution in [1.29, 1.82) is 0 Å². The summed E-state index contributed by atoms with van der Waals surface area (Å²) in [4.78, 5) is 40.4. The van der Waals surface area contributed by atoms with E-state index in [1.165, 1.54) is 0 Å². The second-order valence-corrected chi connectivity index (χ2v) is 8.41. The Kier molecular flexibility index (Phi) is 7.73. The lowest BCUT2D eigenvalue weighted by Crippen LogP contribution is -2.49. The highest BCUT2D eigenvalue weighted by atomic mass is 35.5. The third kappa shape index (κ3) is 7.45. The van der Waals surface area contributed by atoms with Crippen LogP contribution in [0.25, 0.3) is 0 Å². The lowest BCUT2D eigenvalue weighted by atomic mass is 10.2. The highest BCUT2D eigenvalue weighted by Crippen LogP contribution is 2.16. The maximum absolute atomic E-state index is 12.7. The van der Waals surface area contributed by atoms with Crippen molar-refractivity contribution in [2.45, 2.75) is 45.8 Å². The van der Waals surface area contributed by atoms with E-state index >= 15 is 0 Å². The van der Waals surface area contributed by atoms with E-state index in [0.29, 0.717) is 43.3 Å². The van der Waals surface area contributed by atoms with Gasteiger partial charge in [-0.05, 0) is 52.3 Å². The third-order valence-corrected chi connectivity index (χ3v) is 4.51. The molecule has 0 bridgehead atoms. The van der Waals surface area contributed by atoms with Crippen molar-refractivity contribution in [3.63, 3.8) is 0 Å². The molecule has 1 heterocycles. The van der Waals surface area contributed by atoms with E-state index in [0.717, 1.165) is 0 Å². The minimum Gasteiger partial charge on any atom is -0.444 e. The molecule has 4 amide bonds. The molecule has 1 aromatic rings. The normalized spacial score (nSPS) is 15.9. The van der Waals surface area contributed by atoms with E-state index < -0.39 is 17.7 Å². The highest BCUT2D eigenvalue weighted by Gasteiger charge is 2.27. The van der Waals surface area contributed by atoms with Gasteiger partial charge in [0.1, 0.15) is 11.6 Å². The molecule has 1 fully saturated rings. The van der Waals surface area contributed by atoms with E-state index in [1.807, 2.05) is 0 Å². The average Bonchev–Trinajstić information content (AvgIpc) is 2.85. The molecule has 2 N–H and O–H groups in total. The van der Waals surface area contributed by atoms with Crippen molar-refractivity contribution in [3.05, 3.63) is 29.3 Å². The fraction of sp³-hybridized carbons (Fsp3) is 0.550. The van der Waals surface area contributed by atoms with Gasteiger partial charge >= 0.3 is 12.1 Å². The summed E-state index contributed by atoms with van der Waals surface area (Å²) in [5.41, 5.74) is -0.0124. The number of benzene rings is 1. The van der Waals surface area contributed by atoms with Gasteiger partial charge in [0.05, 0.1) is 0 Å². The summed E-state index contributed by atoms with van der Waals surface area (Å²) in [7, 11) is 0.